The molecule has 2 aromatic carbocycles. The molecule has 0 aliphatic rings. The van der Waals surface area contributed by atoms with Crippen LogP contribution in [0.1, 0.15) is 5.56 Å². The predicted molar refractivity (Wildman–Crippen MR) is 72.9 cm³/mol. The summed E-state index contributed by atoms with van der Waals surface area (Å²) in [6.45, 7) is 2.04. The number of aromatic nitrogens is 1. The second-order valence-electron chi connectivity index (χ2n) is 4.21. The maximum absolute atomic E-state index is 5.84. The SMILES string of the molecule is Cc1cccc(Nc2nc3c(N)cccc3o2)c1. The Balaban J connectivity index is 1.98. The molecule has 0 unspecified atom stereocenters. The fraction of sp³-hybridized carbons (Fsp3) is 0.0714. The van der Waals surface area contributed by atoms with Crippen molar-refractivity contribution in [1.29, 1.82) is 0 Å². The number of benzene rings is 2. The van der Waals surface area contributed by atoms with Gasteiger partial charge in [-0.3, -0.25) is 0 Å². The van der Waals surface area contributed by atoms with E-state index in [0.29, 0.717) is 22.8 Å². The Labute approximate surface area is 104 Å². The standard InChI is InChI=1S/C14H13N3O/c1-9-4-2-5-10(8-9)16-14-17-13-11(15)6-3-7-12(13)18-14/h2-8H,15H2,1H3,(H,16,17). The average Bonchev–Trinajstić information content (AvgIpc) is 2.73. The van der Waals surface area contributed by atoms with E-state index in [1.54, 1.807) is 6.07 Å². The summed E-state index contributed by atoms with van der Waals surface area (Å²) < 4.78 is 5.59. The highest BCUT2D eigenvalue weighted by atomic mass is 16.4. The van der Waals surface area contributed by atoms with Crippen LogP contribution in [0.25, 0.3) is 11.1 Å². The molecule has 3 rings (SSSR count). The lowest BCUT2D eigenvalue weighted by Gasteiger charge is -2.01. The summed E-state index contributed by atoms with van der Waals surface area (Å²) in [7, 11) is 0. The van der Waals surface area contributed by atoms with E-state index in [-0.39, 0.29) is 0 Å². The molecule has 0 spiro atoms. The van der Waals surface area contributed by atoms with Gasteiger partial charge in [0.25, 0.3) is 6.01 Å². The molecule has 1 aromatic heterocycles. The number of oxazole rings is 1. The number of fused-ring (bicyclic) bond motifs is 1. The van der Waals surface area contributed by atoms with E-state index in [2.05, 4.69) is 10.3 Å². The molecule has 18 heavy (non-hydrogen) atoms. The molecule has 90 valence electrons. The zero-order chi connectivity index (χ0) is 12.5. The van der Waals surface area contributed by atoms with Gasteiger partial charge < -0.3 is 15.5 Å². The fourth-order valence-corrected chi connectivity index (χ4v) is 1.87. The lowest BCUT2D eigenvalue weighted by molar-refractivity contribution is 0.623. The number of nitrogens with one attached hydrogen (secondary N) is 1. The number of nitrogens with two attached hydrogens (primary N) is 1. The highest BCUT2D eigenvalue weighted by molar-refractivity contribution is 5.86. The van der Waals surface area contributed by atoms with Crippen molar-refractivity contribution >= 4 is 28.5 Å². The summed E-state index contributed by atoms with van der Waals surface area (Å²) in [6, 6.07) is 14.0. The molecule has 0 fully saturated rings. The Morgan fingerprint density at radius 2 is 2.00 bits per heavy atom. The number of hydrogen-bond acceptors (Lipinski definition) is 4. The largest absolute Gasteiger partial charge is 0.423 e. The Morgan fingerprint density at radius 1 is 1.17 bits per heavy atom. The number of aryl methyl sites for hydroxylation is 1. The topological polar surface area (TPSA) is 64.1 Å². The minimum Gasteiger partial charge on any atom is -0.423 e. The van der Waals surface area contributed by atoms with Crippen molar-refractivity contribution in [2.24, 2.45) is 0 Å². The van der Waals surface area contributed by atoms with Crippen LogP contribution in [0.2, 0.25) is 0 Å². The zero-order valence-corrected chi connectivity index (χ0v) is 9.97. The van der Waals surface area contributed by atoms with Gasteiger partial charge in [-0.05, 0) is 36.8 Å². The first-order valence-corrected chi connectivity index (χ1v) is 5.71. The average molecular weight is 239 g/mol. The number of nitrogen functional groups attached to an aromatic ring is 1. The maximum atomic E-state index is 5.84. The Kier molecular flexibility index (Phi) is 2.41. The summed E-state index contributed by atoms with van der Waals surface area (Å²) in [4.78, 5) is 4.33. The summed E-state index contributed by atoms with van der Waals surface area (Å²) in [5.41, 5.74) is 9.95. The molecule has 4 heteroatoms. The molecule has 3 aromatic rings. The first-order valence-electron chi connectivity index (χ1n) is 5.71. The van der Waals surface area contributed by atoms with Crippen molar-refractivity contribution in [3.8, 4) is 0 Å². The van der Waals surface area contributed by atoms with Gasteiger partial charge in [0.15, 0.2) is 5.58 Å². The van der Waals surface area contributed by atoms with Crippen molar-refractivity contribution in [2.45, 2.75) is 6.92 Å². The Morgan fingerprint density at radius 3 is 2.78 bits per heavy atom. The normalized spacial score (nSPS) is 10.7. The second-order valence-corrected chi connectivity index (χ2v) is 4.21. The highest BCUT2D eigenvalue weighted by Gasteiger charge is 2.07. The lowest BCUT2D eigenvalue weighted by atomic mass is 10.2. The third-order valence-electron chi connectivity index (χ3n) is 2.72. The van der Waals surface area contributed by atoms with Gasteiger partial charge in [0, 0.05) is 5.69 Å². The van der Waals surface area contributed by atoms with Gasteiger partial charge in [-0.2, -0.15) is 4.98 Å². The van der Waals surface area contributed by atoms with Crippen LogP contribution in [0.3, 0.4) is 0 Å². The Hall–Kier alpha value is -2.49. The van der Waals surface area contributed by atoms with Crippen LogP contribution < -0.4 is 11.1 Å². The quantitative estimate of drug-likeness (QED) is 0.672. The molecular weight excluding hydrogens is 226 g/mol. The van der Waals surface area contributed by atoms with Gasteiger partial charge in [-0.1, -0.05) is 18.2 Å². The first-order chi connectivity index (χ1) is 8.72. The molecule has 4 nitrogen and oxygen atoms in total. The predicted octanol–water partition coefficient (Wildman–Crippen LogP) is 3.46. The number of hydrogen-bond donors (Lipinski definition) is 2. The van der Waals surface area contributed by atoms with E-state index in [1.807, 2.05) is 43.3 Å². The van der Waals surface area contributed by atoms with E-state index < -0.39 is 0 Å². The summed E-state index contributed by atoms with van der Waals surface area (Å²) in [5.74, 6) is 0. The van der Waals surface area contributed by atoms with E-state index in [9.17, 15) is 0 Å². The summed E-state index contributed by atoms with van der Waals surface area (Å²) in [6.07, 6.45) is 0. The Bertz CT molecular complexity index is 703. The van der Waals surface area contributed by atoms with E-state index in [4.69, 9.17) is 10.2 Å². The maximum Gasteiger partial charge on any atom is 0.300 e. The second kappa shape index (κ2) is 4.07. The van der Waals surface area contributed by atoms with Crippen LogP contribution in [0.4, 0.5) is 17.4 Å². The molecule has 3 N–H and O–H groups in total. The smallest absolute Gasteiger partial charge is 0.300 e. The molecule has 0 saturated heterocycles. The summed E-state index contributed by atoms with van der Waals surface area (Å²) in [5, 5.41) is 3.13. The van der Waals surface area contributed by atoms with Crippen molar-refractivity contribution in [1.82, 2.24) is 4.98 Å². The van der Waals surface area contributed by atoms with Gasteiger partial charge in [0.2, 0.25) is 0 Å². The molecule has 0 aliphatic heterocycles. The third kappa shape index (κ3) is 1.88. The molecule has 1 heterocycles. The minimum atomic E-state index is 0.452. The van der Waals surface area contributed by atoms with Crippen molar-refractivity contribution in [2.75, 3.05) is 11.1 Å². The van der Waals surface area contributed by atoms with Crippen LogP contribution in [0.5, 0.6) is 0 Å². The minimum absolute atomic E-state index is 0.452. The van der Waals surface area contributed by atoms with Gasteiger partial charge in [-0.15, -0.1) is 0 Å². The number of anilines is 3. The van der Waals surface area contributed by atoms with Gasteiger partial charge in [0.05, 0.1) is 5.69 Å². The number of rotatable bonds is 2. The van der Waals surface area contributed by atoms with Crippen LogP contribution in [-0.2, 0) is 0 Å². The molecule has 0 atom stereocenters. The van der Waals surface area contributed by atoms with Crippen LogP contribution in [0, 0.1) is 6.92 Å². The highest BCUT2D eigenvalue weighted by Crippen LogP contribution is 2.25. The van der Waals surface area contributed by atoms with Gasteiger partial charge >= 0.3 is 0 Å². The zero-order valence-electron chi connectivity index (χ0n) is 9.97. The third-order valence-corrected chi connectivity index (χ3v) is 2.72. The van der Waals surface area contributed by atoms with Crippen molar-refractivity contribution in [3.05, 3.63) is 48.0 Å². The first kappa shape index (κ1) is 10.7. The lowest BCUT2D eigenvalue weighted by Crippen LogP contribution is -1.90. The van der Waals surface area contributed by atoms with Crippen LogP contribution in [-0.4, -0.2) is 4.98 Å². The van der Waals surface area contributed by atoms with E-state index in [0.717, 1.165) is 5.69 Å². The number of nitrogens with zero attached hydrogens (tertiary/aromatic N) is 1. The summed E-state index contributed by atoms with van der Waals surface area (Å²) >= 11 is 0. The van der Waals surface area contributed by atoms with Gasteiger partial charge in [-0.25, -0.2) is 0 Å². The molecule has 0 amide bonds. The van der Waals surface area contributed by atoms with Crippen molar-refractivity contribution in [3.63, 3.8) is 0 Å². The molecule has 0 aliphatic carbocycles. The van der Waals surface area contributed by atoms with Crippen molar-refractivity contribution < 1.29 is 4.42 Å². The monoisotopic (exact) mass is 239 g/mol. The van der Waals surface area contributed by atoms with Gasteiger partial charge in [0.1, 0.15) is 5.52 Å². The molecule has 0 bridgehead atoms. The van der Waals surface area contributed by atoms with E-state index >= 15 is 0 Å². The fourth-order valence-electron chi connectivity index (χ4n) is 1.87. The molecule has 0 saturated carbocycles. The number of para-hydroxylation sites is 1. The molecular formula is C14H13N3O. The van der Waals surface area contributed by atoms with Crippen LogP contribution in [0.15, 0.2) is 46.9 Å². The van der Waals surface area contributed by atoms with Crippen LogP contribution >= 0.6 is 0 Å². The molecule has 0 radical (unpaired) electrons. The van der Waals surface area contributed by atoms with E-state index in [1.165, 1.54) is 5.56 Å².